The van der Waals surface area contributed by atoms with Crippen LogP contribution < -0.4 is 16.8 Å². The van der Waals surface area contributed by atoms with E-state index in [2.05, 4.69) is 17.4 Å². The highest BCUT2D eigenvalue weighted by Crippen LogP contribution is 2.15. The predicted molar refractivity (Wildman–Crippen MR) is 162 cm³/mol. The van der Waals surface area contributed by atoms with Crippen molar-refractivity contribution >= 4 is 18.1 Å². The van der Waals surface area contributed by atoms with E-state index in [9.17, 15) is 14.4 Å². The third-order valence-electron chi connectivity index (χ3n) is 6.85. The molecule has 0 heterocycles. The van der Waals surface area contributed by atoms with E-state index in [1.165, 1.54) is 10.5 Å². The summed E-state index contributed by atoms with van der Waals surface area (Å²) >= 11 is 0. The molecule has 0 saturated heterocycles. The third kappa shape index (κ3) is 11.6. The summed E-state index contributed by atoms with van der Waals surface area (Å²) in [6.07, 6.45) is 3.13. The Balaban J connectivity index is 1.41. The number of benzene rings is 3. The second-order valence-electron chi connectivity index (χ2n) is 10.1. The number of nitrogens with zero attached hydrogens (tertiary/aromatic N) is 1. The zero-order valence-electron chi connectivity index (χ0n) is 24.1. The van der Waals surface area contributed by atoms with E-state index in [0.29, 0.717) is 32.4 Å². The van der Waals surface area contributed by atoms with Crippen molar-refractivity contribution in [1.82, 2.24) is 10.2 Å². The van der Waals surface area contributed by atoms with Crippen molar-refractivity contribution in [1.29, 1.82) is 0 Å². The van der Waals surface area contributed by atoms with Crippen LogP contribution in [0.15, 0.2) is 84.9 Å². The third-order valence-corrected chi connectivity index (χ3v) is 6.85. The first-order valence-electron chi connectivity index (χ1n) is 14.5. The first-order valence-corrected chi connectivity index (χ1v) is 14.5. The normalized spacial score (nSPS) is 11.4. The molecule has 5 N–H and O–H groups in total. The topological polar surface area (TPSA) is 137 Å². The lowest BCUT2D eigenvalue weighted by Gasteiger charge is -2.29. The Morgan fingerprint density at radius 3 is 1.86 bits per heavy atom. The molecule has 1 atom stereocenters. The maximum atomic E-state index is 12.9. The Labute approximate surface area is 248 Å². The molecule has 0 aliphatic carbocycles. The van der Waals surface area contributed by atoms with Gasteiger partial charge in [-0.1, -0.05) is 84.9 Å². The number of rotatable bonds is 17. The lowest BCUT2D eigenvalue weighted by atomic mass is 10.0. The maximum absolute atomic E-state index is 12.9. The Morgan fingerprint density at radius 1 is 0.714 bits per heavy atom. The van der Waals surface area contributed by atoms with E-state index in [1.54, 1.807) is 0 Å². The van der Waals surface area contributed by atoms with Crippen molar-refractivity contribution < 1.29 is 23.9 Å². The van der Waals surface area contributed by atoms with Crippen LogP contribution in [0.25, 0.3) is 0 Å². The van der Waals surface area contributed by atoms with Crippen molar-refractivity contribution in [3.63, 3.8) is 0 Å². The first kappa shape index (κ1) is 32.1. The minimum absolute atomic E-state index is 0.111. The standard InChI is InChI=1S/C33H42N4O5/c34-21-9-23-37(33(40)42-25-29-13-5-2-6-14-29)30(31(35)38)20-19-27-17-15-26(16-18-27)10-7-8-22-36-32(39)41-24-28-11-3-1-4-12-28/h1-6,11-18,30H,7-10,19-25,34H2,(H2,35,38)(H,36,39)/t30-/m0/s1. The largest absolute Gasteiger partial charge is 0.445 e. The van der Waals surface area contributed by atoms with Crippen LogP contribution in [0.5, 0.6) is 0 Å². The van der Waals surface area contributed by atoms with Crippen LogP contribution in [-0.4, -0.2) is 48.7 Å². The summed E-state index contributed by atoms with van der Waals surface area (Å²) in [6.45, 7) is 1.58. The van der Waals surface area contributed by atoms with Gasteiger partial charge in [-0.15, -0.1) is 0 Å². The molecule has 3 amide bonds. The van der Waals surface area contributed by atoms with E-state index in [-0.39, 0.29) is 19.8 Å². The lowest BCUT2D eigenvalue weighted by molar-refractivity contribution is -0.123. The van der Waals surface area contributed by atoms with Crippen LogP contribution in [0.1, 0.15) is 47.9 Å². The summed E-state index contributed by atoms with van der Waals surface area (Å²) in [5.41, 5.74) is 15.4. The summed E-state index contributed by atoms with van der Waals surface area (Å²) in [4.78, 5) is 38.6. The second-order valence-corrected chi connectivity index (χ2v) is 10.1. The number of unbranched alkanes of at least 4 members (excludes halogenated alkanes) is 1. The second kappa shape index (κ2) is 18.1. The van der Waals surface area contributed by atoms with Crippen LogP contribution in [0.4, 0.5) is 9.59 Å². The molecule has 0 saturated carbocycles. The highest BCUT2D eigenvalue weighted by molar-refractivity contribution is 5.84. The fourth-order valence-electron chi connectivity index (χ4n) is 4.48. The number of alkyl carbamates (subject to hydrolysis) is 1. The summed E-state index contributed by atoms with van der Waals surface area (Å²) in [5, 5.41) is 2.79. The number of hydrogen-bond acceptors (Lipinski definition) is 6. The molecule has 0 aliphatic rings. The van der Waals surface area contributed by atoms with Gasteiger partial charge in [0.25, 0.3) is 0 Å². The molecular weight excluding hydrogens is 532 g/mol. The average molecular weight is 575 g/mol. The predicted octanol–water partition coefficient (Wildman–Crippen LogP) is 4.71. The number of carbonyl (C=O) groups is 3. The number of amides is 3. The van der Waals surface area contributed by atoms with Crippen molar-refractivity contribution in [2.45, 2.75) is 57.8 Å². The van der Waals surface area contributed by atoms with Gasteiger partial charge in [-0.05, 0) is 67.3 Å². The van der Waals surface area contributed by atoms with Gasteiger partial charge in [0.1, 0.15) is 19.3 Å². The Morgan fingerprint density at radius 2 is 1.29 bits per heavy atom. The molecule has 0 aliphatic heterocycles. The van der Waals surface area contributed by atoms with E-state index < -0.39 is 24.1 Å². The smallest absolute Gasteiger partial charge is 0.410 e. The van der Waals surface area contributed by atoms with Gasteiger partial charge in [0.05, 0.1) is 0 Å². The molecule has 0 bridgehead atoms. The summed E-state index contributed by atoms with van der Waals surface area (Å²) in [7, 11) is 0. The van der Waals surface area contributed by atoms with Gasteiger partial charge < -0.3 is 26.3 Å². The highest BCUT2D eigenvalue weighted by atomic mass is 16.6. The number of carbonyl (C=O) groups excluding carboxylic acids is 3. The molecule has 3 aromatic rings. The Hall–Kier alpha value is -4.37. The van der Waals surface area contributed by atoms with Gasteiger partial charge in [0.2, 0.25) is 5.91 Å². The van der Waals surface area contributed by atoms with Gasteiger partial charge in [-0.25, -0.2) is 9.59 Å². The fraction of sp³-hybridized carbons (Fsp3) is 0.364. The summed E-state index contributed by atoms with van der Waals surface area (Å²) in [5.74, 6) is -0.571. The van der Waals surface area contributed by atoms with E-state index in [4.69, 9.17) is 20.9 Å². The lowest BCUT2D eigenvalue weighted by Crippen LogP contribution is -2.49. The molecule has 224 valence electrons. The average Bonchev–Trinajstić information content (AvgIpc) is 3.01. The number of nitrogens with one attached hydrogen (secondary N) is 1. The highest BCUT2D eigenvalue weighted by Gasteiger charge is 2.29. The molecule has 3 rings (SSSR count). The van der Waals surface area contributed by atoms with Gasteiger partial charge in [-0.2, -0.15) is 0 Å². The molecule has 3 aromatic carbocycles. The SMILES string of the molecule is NCCCN(C(=O)OCc1ccccc1)[C@@H](CCc1ccc(CCCCNC(=O)OCc2ccccc2)cc1)C(N)=O. The Bertz CT molecular complexity index is 1220. The minimum Gasteiger partial charge on any atom is -0.445 e. The van der Waals surface area contributed by atoms with Gasteiger partial charge in [0.15, 0.2) is 0 Å². The molecule has 9 nitrogen and oxygen atoms in total. The number of nitrogens with two attached hydrogens (primary N) is 2. The monoisotopic (exact) mass is 574 g/mol. The number of primary amides is 1. The van der Waals surface area contributed by atoms with Crippen LogP contribution in [0, 0.1) is 0 Å². The zero-order valence-corrected chi connectivity index (χ0v) is 24.1. The van der Waals surface area contributed by atoms with Crippen molar-refractivity contribution in [2.24, 2.45) is 11.5 Å². The van der Waals surface area contributed by atoms with Crippen molar-refractivity contribution in [3.05, 3.63) is 107 Å². The van der Waals surface area contributed by atoms with Crippen LogP contribution >= 0.6 is 0 Å². The molecule has 0 radical (unpaired) electrons. The number of ether oxygens (including phenoxy) is 2. The quantitative estimate of drug-likeness (QED) is 0.200. The Kier molecular flexibility index (Phi) is 13.9. The first-order chi connectivity index (χ1) is 20.5. The zero-order chi connectivity index (χ0) is 30.0. The van der Waals surface area contributed by atoms with E-state index in [0.717, 1.165) is 36.0 Å². The molecular formula is C33H42N4O5. The van der Waals surface area contributed by atoms with Gasteiger partial charge in [-0.3, -0.25) is 9.69 Å². The minimum atomic E-state index is -0.800. The molecule has 9 heteroatoms. The summed E-state index contributed by atoms with van der Waals surface area (Å²) in [6, 6.07) is 26.3. The number of hydrogen-bond donors (Lipinski definition) is 3. The van der Waals surface area contributed by atoms with Gasteiger partial charge in [0, 0.05) is 13.1 Å². The fourth-order valence-corrected chi connectivity index (χ4v) is 4.48. The molecule has 42 heavy (non-hydrogen) atoms. The maximum Gasteiger partial charge on any atom is 0.410 e. The number of aryl methyl sites for hydroxylation is 2. The van der Waals surface area contributed by atoms with Crippen molar-refractivity contribution in [2.75, 3.05) is 19.6 Å². The molecule has 0 spiro atoms. The van der Waals surface area contributed by atoms with E-state index >= 15 is 0 Å². The molecule has 0 unspecified atom stereocenters. The van der Waals surface area contributed by atoms with E-state index in [1.807, 2.05) is 72.8 Å². The summed E-state index contributed by atoms with van der Waals surface area (Å²) < 4.78 is 10.7. The van der Waals surface area contributed by atoms with Crippen LogP contribution in [0.2, 0.25) is 0 Å². The molecule has 0 aromatic heterocycles. The van der Waals surface area contributed by atoms with Gasteiger partial charge >= 0.3 is 12.2 Å². The van der Waals surface area contributed by atoms with Crippen molar-refractivity contribution in [3.8, 4) is 0 Å². The van der Waals surface area contributed by atoms with Crippen LogP contribution in [-0.2, 0) is 40.3 Å². The molecule has 0 fully saturated rings. The van der Waals surface area contributed by atoms with Crippen LogP contribution in [0.3, 0.4) is 0 Å².